The minimum atomic E-state index is -0.239. The van der Waals surface area contributed by atoms with Gasteiger partial charge in [0.1, 0.15) is 0 Å². The van der Waals surface area contributed by atoms with Gasteiger partial charge in [-0.25, -0.2) is 0 Å². The van der Waals surface area contributed by atoms with Crippen LogP contribution in [-0.2, 0) is 11.8 Å². The van der Waals surface area contributed by atoms with Crippen LogP contribution in [0.2, 0.25) is 0 Å². The molecule has 1 aromatic carbocycles. The van der Waals surface area contributed by atoms with E-state index >= 15 is 0 Å². The largest absolute Gasteiger partial charge is 0.352 e. The summed E-state index contributed by atoms with van der Waals surface area (Å²) in [6.07, 6.45) is 1.66. The van der Waals surface area contributed by atoms with E-state index in [4.69, 9.17) is 0 Å². The molecule has 1 amide bonds. The Morgan fingerprint density at radius 2 is 2.14 bits per heavy atom. The molecule has 21 heavy (non-hydrogen) atoms. The standard InChI is InChI=1S/C15H18N4OS/c1-4-10-16-14(20)11(2)21-15-18-17-13(19(15)3)12-8-6-5-7-9-12/h4-9,11H,1,10H2,2-3H3,(H,16,20)/t11-/m0/s1. The maximum absolute atomic E-state index is 11.9. The van der Waals surface area contributed by atoms with Gasteiger partial charge in [0.2, 0.25) is 5.91 Å². The van der Waals surface area contributed by atoms with Gasteiger partial charge in [0, 0.05) is 19.2 Å². The van der Waals surface area contributed by atoms with Gasteiger partial charge in [-0.2, -0.15) is 0 Å². The Morgan fingerprint density at radius 3 is 2.81 bits per heavy atom. The Balaban J connectivity index is 2.10. The van der Waals surface area contributed by atoms with Crippen LogP contribution in [0, 0.1) is 0 Å². The molecule has 5 nitrogen and oxygen atoms in total. The second-order valence-electron chi connectivity index (χ2n) is 4.53. The summed E-state index contributed by atoms with van der Waals surface area (Å²) in [5.74, 6) is 0.751. The van der Waals surface area contributed by atoms with Crippen LogP contribution in [0.4, 0.5) is 0 Å². The van der Waals surface area contributed by atoms with E-state index in [9.17, 15) is 4.79 Å². The van der Waals surface area contributed by atoms with E-state index < -0.39 is 0 Å². The zero-order valence-corrected chi connectivity index (χ0v) is 12.9. The van der Waals surface area contributed by atoms with Gasteiger partial charge >= 0.3 is 0 Å². The fourth-order valence-electron chi connectivity index (χ4n) is 1.78. The molecule has 0 aliphatic rings. The number of hydrogen-bond donors (Lipinski definition) is 1. The molecule has 1 heterocycles. The van der Waals surface area contributed by atoms with E-state index in [1.165, 1.54) is 11.8 Å². The highest BCUT2D eigenvalue weighted by atomic mass is 32.2. The number of carbonyl (C=O) groups is 1. The molecular weight excluding hydrogens is 284 g/mol. The first-order valence-electron chi connectivity index (χ1n) is 6.63. The van der Waals surface area contributed by atoms with Gasteiger partial charge in [0.25, 0.3) is 0 Å². The fourth-order valence-corrected chi connectivity index (χ4v) is 2.62. The molecule has 0 bridgehead atoms. The third-order valence-corrected chi connectivity index (χ3v) is 4.07. The van der Waals surface area contributed by atoms with Gasteiger partial charge in [-0.15, -0.1) is 16.8 Å². The number of nitrogens with one attached hydrogen (secondary N) is 1. The van der Waals surface area contributed by atoms with Crippen molar-refractivity contribution in [3.8, 4) is 11.4 Å². The van der Waals surface area contributed by atoms with Crippen molar-refractivity contribution in [3.05, 3.63) is 43.0 Å². The summed E-state index contributed by atoms with van der Waals surface area (Å²) in [5.41, 5.74) is 1.00. The second-order valence-corrected chi connectivity index (χ2v) is 5.83. The molecule has 0 unspecified atom stereocenters. The van der Waals surface area contributed by atoms with E-state index in [-0.39, 0.29) is 11.2 Å². The van der Waals surface area contributed by atoms with Crippen molar-refractivity contribution in [2.24, 2.45) is 7.05 Å². The molecule has 0 radical (unpaired) electrons. The fraction of sp³-hybridized carbons (Fsp3) is 0.267. The van der Waals surface area contributed by atoms with Gasteiger partial charge in [0.15, 0.2) is 11.0 Å². The minimum absolute atomic E-state index is 0.0378. The van der Waals surface area contributed by atoms with Crippen LogP contribution in [0.15, 0.2) is 48.1 Å². The van der Waals surface area contributed by atoms with Crippen molar-refractivity contribution >= 4 is 17.7 Å². The average molecular weight is 302 g/mol. The molecule has 0 spiro atoms. The lowest BCUT2D eigenvalue weighted by atomic mass is 10.2. The van der Waals surface area contributed by atoms with Crippen LogP contribution in [-0.4, -0.2) is 32.5 Å². The summed E-state index contributed by atoms with van der Waals surface area (Å²) in [6.45, 7) is 5.90. The number of hydrogen-bond acceptors (Lipinski definition) is 4. The summed E-state index contributed by atoms with van der Waals surface area (Å²) < 4.78 is 1.90. The Labute approximate surface area is 128 Å². The van der Waals surface area contributed by atoms with Crippen LogP contribution < -0.4 is 5.32 Å². The van der Waals surface area contributed by atoms with Crippen molar-refractivity contribution in [1.29, 1.82) is 0 Å². The quantitative estimate of drug-likeness (QED) is 0.657. The smallest absolute Gasteiger partial charge is 0.233 e. The summed E-state index contributed by atoms with van der Waals surface area (Å²) in [7, 11) is 1.90. The van der Waals surface area contributed by atoms with Crippen molar-refractivity contribution < 1.29 is 4.79 Å². The molecule has 110 valence electrons. The zero-order chi connectivity index (χ0) is 15.2. The molecule has 0 aliphatic carbocycles. The molecule has 0 saturated heterocycles. The van der Waals surface area contributed by atoms with Gasteiger partial charge in [-0.1, -0.05) is 48.2 Å². The van der Waals surface area contributed by atoms with Gasteiger partial charge in [-0.3, -0.25) is 4.79 Å². The highest BCUT2D eigenvalue weighted by Crippen LogP contribution is 2.25. The SMILES string of the molecule is C=CCNC(=O)[C@H](C)Sc1nnc(-c2ccccc2)n1C. The van der Waals surface area contributed by atoms with E-state index in [2.05, 4.69) is 22.1 Å². The molecule has 1 aromatic heterocycles. The number of amides is 1. The van der Waals surface area contributed by atoms with Crippen molar-refractivity contribution in [3.63, 3.8) is 0 Å². The molecule has 0 fully saturated rings. The minimum Gasteiger partial charge on any atom is -0.352 e. The molecule has 6 heteroatoms. The normalized spacial score (nSPS) is 11.9. The van der Waals surface area contributed by atoms with Gasteiger partial charge in [-0.05, 0) is 6.92 Å². The molecular formula is C15H18N4OS. The summed E-state index contributed by atoms with van der Waals surface area (Å²) in [5, 5.41) is 11.6. The van der Waals surface area contributed by atoms with E-state index in [0.717, 1.165) is 16.5 Å². The predicted molar refractivity (Wildman–Crippen MR) is 85.0 cm³/mol. The molecule has 1 atom stereocenters. The topological polar surface area (TPSA) is 59.8 Å². The van der Waals surface area contributed by atoms with Crippen molar-refractivity contribution in [2.45, 2.75) is 17.3 Å². The molecule has 0 saturated carbocycles. The van der Waals surface area contributed by atoms with Gasteiger partial charge in [0.05, 0.1) is 5.25 Å². The molecule has 1 N–H and O–H groups in total. The van der Waals surface area contributed by atoms with Crippen LogP contribution in [0.3, 0.4) is 0 Å². The Morgan fingerprint density at radius 1 is 1.43 bits per heavy atom. The lowest BCUT2D eigenvalue weighted by molar-refractivity contribution is -0.120. The molecule has 0 aliphatic heterocycles. The third-order valence-electron chi connectivity index (χ3n) is 2.94. The van der Waals surface area contributed by atoms with Crippen LogP contribution in [0.5, 0.6) is 0 Å². The van der Waals surface area contributed by atoms with Crippen LogP contribution in [0.1, 0.15) is 6.92 Å². The van der Waals surface area contributed by atoms with E-state index in [0.29, 0.717) is 6.54 Å². The Kier molecular flexibility index (Phi) is 5.16. The monoisotopic (exact) mass is 302 g/mol. The van der Waals surface area contributed by atoms with E-state index in [1.54, 1.807) is 6.08 Å². The highest BCUT2D eigenvalue weighted by molar-refractivity contribution is 8.00. The van der Waals surface area contributed by atoms with Crippen molar-refractivity contribution in [2.75, 3.05) is 6.54 Å². The van der Waals surface area contributed by atoms with Crippen molar-refractivity contribution in [1.82, 2.24) is 20.1 Å². The molecule has 2 aromatic rings. The number of benzene rings is 1. The predicted octanol–water partition coefficient (Wildman–Crippen LogP) is 2.26. The number of rotatable bonds is 6. The summed E-state index contributed by atoms with van der Waals surface area (Å²) in [4.78, 5) is 11.9. The van der Waals surface area contributed by atoms with Crippen LogP contribution in [0.25, 0.3) is 11.4 Å². The lowest BCUT2D eigenvalue weighted by Gasteiger charge is -2.10. The Bertz CT molecular complexity index is 624. The number of thioether (sulfide) groups is 1. The van der Waals surface area contributed by atoms with Gasteiger partial charge < -0.3 is 9.88 Å². The first-order valence-corrected chi connectivity index (χ1v) is 7.51. The third kappa shape index (κ3) is 3.72. The first kappa shape index (κ1) is 15.3. The Hall–Kier alpha value is -2.08. The van der Waals surface area contributed by atoms with E-state index in [1.807, 2.05) is 48.9 Å². The molecule has 2 rings (SSSR count). The summed E-state index contributed by atoms with van der Waals surface area (Å²) in [6, 6.07) is 9.85. The maximum atomic E-state index is 11.9. The number of carbonyl (C=O) groups excluding carboxylic acids is 1. The summed E-state index contributed by atoms with van der Waals surface area (Å²) >= 11 is 1.39. The number of aromatic nitrogens is 3. The highest BCUT2D eigenvalue weighted by Gasteiger charge is 2.18. The zero-order valence-electron chi connectivity index (χ0n) is 12.1. The lowest BCUT2D eigenvalue weighted by Crippen LogP contribution is -2.31. The first-order chi connectivity index (χ1) is 10.1. The second kappa shape index (κ2) is 7.08. The average Bonchev–Trinajstić information content (AvgIpc) is 2.86. The maximum Gasteiger partial charge on any atom is 0.233 e. The number of nitrogens with zero attached hydrogens (tertiary/aromatic N) is 3. The van der Waals surface area contributed by atoms with Crippen LogP contribution >= 0.6 is 11.8 Å².